The normalized spacial score (nSPS) is 13.7. The van der Waals surface area contributed by atoms with Gasteiger partial charge < -0.3 is 5.73 Å². The number of nitrogens with two attached hydrogens (primary N) is 1. The van der Waals surface area contributed by atoms with Crippen LogP contribution in [0, 0.1) is 11.7 Å². The molecule has 0 spiro atoms. The van der Waals surface area contributed by atoms with E-state index in [1.54, 1.807) is 0 Å². The second-order valence-electron chi connectivity index (χ2n) is 4.55. The van der Waals surface area contributed by atoms with E-state index in [-0.39, 0.29) is 23.4 Å². The summed E-state index contributed by atoms with van der Waals surface area (Å²) in [6.45, 7) is 4.20. The maximum absolute atomic E-state index is 13.0. The summed E-state index contributed by atoms with van der Waals surface area (Å²) in [5.74, 6) is -0.303. The number of benzene rings is 1. The molecule has 0 radical (unpaired) electrons. The summed E-state index contributed by atoms with van der Waals surface area (Å²) in [4.78, 5) is -0.0794. The number of sulfonamides is 1. The van der Waals surface area contributed by atoms with Crippen molar-refractivity contribution in [1.29, 1.82) is 0 Å². The summed E-state index contributed by atoms with van der Waals surface area (Å²) in [6.07, 6.45) is 1.80. The zero-order chi connectivity index (χ0) is 14.5. The second-order valence-corrected chi connectivity index (χ2v) is 6.32. The van der Waals surface area contributed by atoms with E-state index >= 15 is 0 Å². The summed E-state index contributed by atoms with van der Waals surface area (Å²) in [7, 11) is -3.70. The van der Waals surface area contributed by atoms with Gasteiger partial charge in [-0.25, -0.2) is 17.5 Å². The van der Waals surface area contributed by atoms with E-state index in [0.717, 1.165) is 18.9 Å². The fraction of sp³-hybridized carbons (Fsp3) is 0.538. The molecule has 1 unspecified atom stereocenters. The molecule has 0 amide bonds. The Kier molecular flexibility index (Phi) is 5.90. The number of nitrogens with one attached hydrogen (secondary N) is 1. The van der Waals surface area contributed by atoms with Crippen LogP contribution in [-0.4, -0.2) is 21.0 Å². The molecule has 1 rings (SSSR count). The van der Waals surface area contributed by atoms with Crippen LogP contribution in [0.1, 0.15) is 26.7 Å². The van der Waals surface area contributed by atoms with Gasteiger partial charge >= 0.3 is 0 Å². The first-order valence-electron chi connectivity index (χ1n) is 6.41. The van der Waals surface area contributed by atoms with Crippen molar-refractivity contribution in [3.8, 4) is 0 Å². The second kappa shape index (κ2) is 6.98. The molecule has 0 fully saturated rings. The van der Waals surface area contributed by atoms with E-state index in [0.29, 0.717) is 0 Å². The smallest absolute Gasteiger partial charge is 0.240 e. The average molecular weight is 288 g/mol. The SMILES string of the molecule is CCC(CC)C(N)CNS(=O)(=O)c1cccc(F)c1. The van der Waals surface area contributed by atoms with Crippen LogP contribution >= 0.6 is 0 Å². The average Bonchev–Trinajstić information content (AvgIpc) is 2.38. The van der Waals surface area contributed by atoms with Gasteiger partial charge in [0.1, 0.15) is 5.82 Å². The highest BCUT2D eigenvalue weighted by atomic mass is 32.2. The third kappa shape index (κ3) is 4.56. The lowest BCUT2D eigenvalue weighted by Crippen LogP contribution is -2.41. The highest BCUT2D eigenvalue weighted by Crippen LogP contribution is 2.13. The number of halogens is 1. The molecule has 6 heteroatoms. The lowest BCUT2D eigenvalue weighted by Gasteiger charge is -2.21. The molecule has 1 aromatic rings. The van der Waals surface area contributed by atoms with E-state index in [1.165, 1.54) is 18.2 Å². The first-order valence-corrected chi connectivity index (χ1v) is 7.89. The molecule has 19 heavy (non-hydrogen) atoms. The van der Waals surface area contributed by atoms with Crippen LogP contribution in [0.3, 0.4) is 0 Å². The highest BCUT2D eigenvalue weighted by Gasteiger charge is 2.19. The molecule has 1 aromatic carbocycles. The molecule has 0 bridgehead atoms. The summed E-state index contributed by atoms with van der Waals surface area (Å²) in [5.41, 5.74) is 5.95. The standard InChI is InChI=1S/C13H21FN2O2S/c1-3-10(4-2)13(15)9-16-19(17,18)12-7-5-6-11(14)8-12/h5-8,10,13,16H,3-4,9,15H2,1-2H3. The Morgan fingerprint density at radius 3 is 2.47 bits per heavy atom. The Balaban J connectivity index is 2.71. The number of hydrogen-bond donors (Lipinski definition) is 2. The Bertz CT molecular complexity index is 501. The van der Waals surface area contributed by atoms with E-state index in [2.05, 4.69) is 4.72 Å². The third-order valence-electron chi connectivity index (χ3n) is 3.27. The van der Waals surface area contributed by atoms with Gasteiger partial charge in [0.25, 0.3) is 0 Å². The van der Waals surface area contributed by atoms with Crippen LogP contribution in [0.4, 0.5) is 4.39 Å². The monoisotopic (exact) mass is 288 g/mol. The molecule has 0 aliphatic carbocycles. The van der Waals surface area contributed by atoms with Crippen molar-refractivity contribution in [2.75, 3.05) is 6.54 Å². The Labute approximate surface area is 114 Å². The highest BCUT2D eigenvalue weighted by molar-refractivity contribution is 7.89. The Morgan fingerprint density at radius 2 is 1.95 bits per heavy atom. The van der Waals surface area contributed by atoms with Gasteiger partial charge in [0.2, 0.25) is 10.0 Å². The molecule has 3 N–H and O–H groups in total. The predicted molar refractivity (Wildman–Crippen MR) is 73.6 cm³/mol. The van der Waals surface area contributed by atoms with Crippen LogP contribution in [-0.2, 0) is 10.0 Å². The van der Waals surface area contributed by atoms with Crippen molar-refractivity contribution in [3.63, 3.8) is 0 Å². The van der Waals surface area contributed by atoms with Gasteiger partial charge in [-0.3, -0.25) is 0 Å². The van der Waals surface area contributed by atoms with Crippen molar-refractivity contribution >= 4 is 10.0 Å². The molecule has 0 aliphatic rings. The largest absolute Gasteiger partial charge is 0.326 e. The van der Waals surface area contributed by atoms with Gasteiger partial charge in [-0.2, -0.15) is 0 Å². The van der Waals surface area contributed by atoms with Gasteiger partial charge in [-0.1, -0.05) is 32.8 Å². The molecule has 108 valence electrons. The first-order chi connectivity index (χ1) is 8.90. The summed E-state index contributed by atoms with van der Waals surface area (Å²) >= 11 is 0. The van der Waals surface area contributed by atoms with Gasteiger partial charge in [0.05, 0.1) is 4.90 Å². The Hall–Kier alpha value is -0.980. The minimum Gasteiger partial charge on any atom is -0.326 e. The van der Waals surface area contributed by atoms with Crippen LogP contribution in [0.2, 0.25) is 0 Å². The number of rotatable bonds is 7. The minimum absolute atomic E-state index is 0.0794. The van der Waals surface area contributed by atoms with Gasteiger partial charge in [-0.05, 0) is 24.1 Å². The summed E-state index contributed by atoms with van der Waals surface area (Å²) in [5, 5.41) is 0. The van der Waals surface area contributed by atoms with Crippen LogP contribution in [0.5, 0.6) is 0 Å². The van der Waals surface area contributed by atoms with Crippen molar-refractivity contribution in [2.45, 2.75) is 37.6 Å². The maximum Gasteiger partial charge on any atom is 0.240 e. The lowest BCUT2D eigenvalue weighted by atomic mass is 9.95. The van der Waals surface area contributed by atoms with Crippen molar-refractivity contribution in [1.82, 2.24) is 4.72 Å². The van der Waals surface area contributed by atoms with Gasteiger partial charge in [0, 0.05) is 12.6 Å². The molecule has 0 saturated carbocycles. The summed E-state index contributed by atoms with van der Waals surface area (Å²) < 4.78 is 39.4. The van der Waals surface area contributed by atoms with Gasteiger partial charge in [0.15, 0.2) is 0 Å². The third-order valence-corrected chi connectivity index (χ3v) is 4.69. The zero-order valence-corrected chi connectivity index (χ0v) is 12.1. The lowest BCUT2D eigenvalue weighted by molar-refractivity contribution is 0.392. The Morgan fingerprint density at radius 1 is 1.32 bits per heavy atom. The van der Waals surface area contributed by atoms with E-state index in [4.69, 9.17) is 5.73 Å². The van der Waals surface area contributed by atoms with Crippen LogP contribution in [0.25, 0.3) is 0 Å². The first kappa shape index (κ1) is 16.1. The van der Waals surface area contributed by atoms with Crippen molar-refractivity contribution in [2.24, 2.45) is 11.7 Å². The molecule has 4 nitrogen and oxygen atoms in total. The minimum atomic E-state index is -3.70. The van der Waals surface area contributed by atoms with Crippen LogP contribution < -0.4 is 10.5 Å². The van der Waals surface area contributed by atoms with Crippen molar-refractivity contribution < 1.29 is 12.8 Å². The predicted octanol–water partition coefficient (Wildman–Crippen LogP) is 1.87. The molecule has 1 atom stereocenters. The molecular weight excluding hydrogens is 267 g/mol. The topological polar surface area (TPSA) is 72.2 Å². The summed E-state index contributed by atoms with van der Waals surface area (Å²) in [6, 6.07) is 4.68. The quantitative estimate of drug-likeness (QED) is 0.804. The molecule has 0 aliphatic heterocycles. The molecule has 0 aromatic heterocycles. The molecule has 0 saturated heterocycles. The fourth-order valence-electron chi connectivity index (χ4n) is 1.98. The molecule has 0 heterocycles. The van der Waals surface area contributed by atoms with E-state index in [1.807, 2.05) is 13.8 Å². The fourth-order valence-corrected chi connectivity index (χ4v) is 3.09. The zero-order valence-electron chi connectivity index (χ0n) is 11.3. The van der Waals surface area contributed by atoms with Gasteiger partial charge in [-0.15, -0.1) is 0 Å². The molecular formula is C13H21FN2O2S. The van der Waals surface area contributed by atoms with Crippen LogP contribution in [0.15, 0.2) is 29.2 Å². The maximum atomic E-state index is 13.0. The van der Waals surface area contributed by atoms with E-state index < -0.39 is 15.8 Å². The van der Waals surface area contributed by atoms with Crippen molar-refractivity contribution in [3.05, 3.63) is 30.1 Å². The van der Waals surface area contributed by atoms with E-state index in [9.17, 15) is 12.8 Å². The number of hydrogen-bond acceptors (Lipinski definition) is 3.